The fraction of sp³-hybridized carbons (Fsp3) is 0.308. The minimum atomic E-state index is -0.223. The van der Waals surface area contributed by atoms with Gasteiger partial charge in [-0.2, -0.15) is 0 Å². The molecule has 1 aromatic carbocycles. The number of anilines is 1. The van der Waals surface area contributed by atoms with Gasteiger partial charge in [0.05, 0.1) is 28.7 Å². The highest BCUT2D eigenvalue weighted by molar-refractivity contribution is 8.26. The Morgan fingerprint density at radius 1 is 1.09 bits per heavy atom. The SMILES string of the molecule is C[C@@H]1CN(c2nc3ccccn3c(=O)c2/C=C2\SC(=S)N([C@H](C)c3ccccc3)C2=O)C[C@H](C)O1. The van der Waals surface area contributed by atoms with Crippen molar-refractivity contribution < 1.29 is 9.53 Å². The molecule has 0 unspecified atom stereocenters. The molecule has 5 rings (SSSR count). The number of carbonyl (C=O) groups excluding carboxylic acids is 1. The molecule has 0 radical (unpaired) electrons. The molecule has 0 N–H and O–H groups in total. The van der Waals surface area contributed by atoms with E-state index in [0.717, 1.165) is 5.56 Å². The van der Waals surface area contributed by atoms with Crippen molar-refractivity contribution in [1.82, 2.24) is 14.3 Å². The van der Waals surface area contributed by atoms with Gasteiger partial charge in [-0.05, 0) is 44.5 Å². The maximum absolute atomic E-state index is 13.6. The number of thiocarbonyl (C=S) groups is 1. The summed E-state index contributed by atoms with van der Waals surface area (Å²) < 4.78 is 7.88. The topological polar surface area (TPSA) is 67.2 Å². The van der Waals surface area contributed by atoms with Crippen LogP contribution in [0.3, 0.4) is 0 Å². The van der Waals surface area contributed by atoms with Crippen molar-refractivity contribution in [3.63, 3.8) is 0 Å². The Bertz CT molecular complexity index is 1380. The number of aromatic nitrogens is 2. The Morgan fingerprint density at radius 3 is 2.49 bits per heavy atom. The second-order valence-corrected chi connectivity index (χ2v) is 10.6. The molecule has 2 aliphatic heterocycles. The number of hydrogen-bond acceptors (Lipinski definition) is 7. The molecule has 35 heavy (non-hydrogen) atoms. The molecule has 2 aliphatic rings. The Labute approximate surface area is 213 Å². The van der Waals surface area contributed by atoms with E-state index in [2.05, 4.69) is 4.90 Å². The minimum Gasteiger partial charge on any atom is -0.372 e. The molecule has 0 spiro atoms. The summed E-state index contributed by atoms with van der Waals surface area (Å²) in [5.74, 6) is 0.355. The van der Waals surface area contributed by atoms with Crippen LogP contribution in [-0.2, 0) is 9.53 Å². The number of carbonyl (C=O) groups is 1. The minimum absolute atomic E-state index is 0.00689. The summed E-state index contributed by atoms with van der Waals surface area (Å²) in [6, 6.07) is 15.0. The van der Waals surface area contributed by atoms with Gasteiger partial charge in [-0.25, -0.2) is 4.98 Å². The smallest absolute Gasteiger partial charge is 0.267 e. The lowest BCUT2D eigenvalue weighted by atomic mass is 10.1. The quantitative estimate of drug-likeness (QED) is 0.387. The number of benzene rings is 1. The van der Waals surface area contributed by atoms with Crippen LogP contribution in [0, 0.1) is 0 Å². The van der Waals surface area contributed by atoms with Crippen LogP contribution < -0.4 is 10.5 Å². The van der Waals surface area contributed by atoms with Crippen molar-refractivity contribution in [3.05, 3.63) is 81.1 Å². The summed E-state index contributed by atoms with van der Waals surface area (Å²) >= 11 is 6.81. The van der Waals surface area contributed by atoms with Crippen LogP contribution in [0.4, 0.5) is 5.82 Å². The Morgan fingerprint density at radius 2 is 1.77 bits per heavy atom. The lowest BCUT2D eigenvalue weighted by molar-refractivity contribution is -0.123. The average molecular weight is 507 g/mol. The van der Waals surface area contributed by atoms with Crippen molar-refractivity contribution in [2.24, 2.45) is 0 Å². The highest BCUT2D eigenvalue weighted by Crippen LogP contribution is 2.38. The zero-order valence-corrected chi connectivity index (χ0v) is 21.4. The first kappa shape index (κ1) is 23.7. The monoisotopic (exact) mass is 506 g/mol. The standard InChI is InChI=1S/C26H26N4O3S2/c1-16-14-28(15-17(2)33-16)23-20(24(31)29-12-8-7-11-22(29)27-23)13-21-25(32)30(26(34)35-21)18(3)19-9-5-4-6-10-19/h4-13,16-18H,14-15H2,1-3H3/b21-13-/t16-,17+,18-/m1/s1. The van der Waals surface area contributed by atoms with E-state index in [-0.39, 0.29) is 29.7 Å². The summed E-state index contributed by atoms with van der Waals surface area (Å²) in [6.45, 7) is 7.18. The summed E-state index contributed by atoms with van der Waals surface area (Å²) in [4.78, 5) is 36.1. The van der Waals surface area contributed by atoms with E-state index in [1.165, 1.54) is 16.2 Å². The van der Waals surface area contributed by atoms with Gasteiger partial charge < -0.3 is 9.64 Å². The fourth-order valence-corrected chi connectivity index (χ4v) is 6.03. The van der Waals surface area contributed by atoms with Crippen LogP contribution in [0.25, 0.3) is 11.7 Å². The number of amides is 1. The van der Waals surface area contributed by atoms with Crippen molar-refractivity contribution in [2.45, 2.75) is 39.0 Å². The van der Waals surface area contributed by atoms with Gasteiger partial charge in [0.25, 0.3) is 11.5 Å². The second-order valence-electron chi connectivity index (χ2n) is 8.88. The van der Waals surface area contributed by atoms with E-state index < -0.39 is 0 Å². The van der Waals surface area contributed by atoms with Gasteiger partial charge in [0.2, 0.25) is 0 Å². The molecular formula is C26H26N4O3S2. The maximum Gasteiger partial charge on any atom is 0.267 e. The number of fused-ring (bicyclic) bond motifs is 1. The predicted molar refractivity (Wildman–Crippen MR) is 144 cm³/mol. The molecule has 7 nitrogen and oxygen atoms in total. The van der Waals surface area contributed by atoms with E-state index in [1.807, 2.05) is 63.2 Å². The first-order valence-electron chi connectivity index (χ1n) is 11.6. The number of thioether (sulfide) groups is 1. The predicted octanol–water partition coefficient (Wildman–Crippen LogP) is 4.27. The molecule has 180 valence electrons. The molecule has 0 saturated carbocycles. The Balaban J connectivity index is 1.59. The molecule has 0 bridgehead atoms. The molecule has 2 fully saturated rings. The van der Waals surface area contributed by atoms with Crippen LogP contribution in [-0.4, -0.2) is 49.8 Å². The third-order valence-electron chi connectivity index (χ3n) is 6.24. The average Bonchev–Trinajstić information content (AvgIpc) is 3.12. The number of pyridine rings is 1. The Hall–Kier alpha value is -3.01. The summed E-state index contributed by atoms with van der Waals surface area (Å²) in [7, 11) is 0. The molecule has 3 atom stereocenters. The van der Waals surface area contributed by atoms with E-state index in [0.29, 0.717) is 39.3 Å². The molecule has 2 aromatic heterocycles. The van der Waals surface area contributed by atoms with Gasteiger partial charge in [-0.3, -0.25) is 18.9 Å². The van der Waals surface area contributed by atoms with Gasteiger partial charge in [0, 0.05) is 19.3 Å². The van der Waals surface area contributed by atoms with Crippen LogP contribution in [0.15, 0.2) is 64.4 Å². The number of nitrogens with zero attached hydrogens (tertiary/aromatic N) is 4. The van der Waals surface area contributed by atoms with Crippen LogP contribution in [0.2, 0.25) is 0 Å². The normalized spacial score (nSPS) is 22.9. The molecule has 1 amide bonds. The molecule has 4 heterocycles. The van der Waals surface area contributed by atoms with E-state index in [9.17, 15) is 9.59 Å². The molecule has 3 aromatic rings. The highest BCUT2D eigenvalue weighted by atomic mass is 32.2. The van der Waals surface area contributed by atoms with Crippen LogP contribution >= 0.6 is 24.0 Å². The molecule has 9 heteroatoms. The van der Waals surface area contributed by atoms with Gasteiger partial charge in [-0.15, -0.1) is 0 Å². The lowest BCUT2D eigenvalue weighted by Gasteiger charge is -2.36. The second kappa shape index (κ2) is 9.56. The van der Waals surface area contributed by atoms with Gasteiger partial charge in [0.1, 0.15) is 15.8 Å². The van der Waals surface area contributed by atoms with Crippen molar-refractivity contribution in [3.8, 4) is 0 Å². The van der Waals surface area contributed by atoms with Crippen LogP contribution in [0.1, 0.15) is 37.9 Å². The summed E-state index contributed by atoms with van der Waals surface area (Å²) in [5.41, 5.74) is 1.71. The van der Waals surface area contributed by atoms with Crippen molar-refractivity contribution in [1.29, 1.82) is 0 Å². The summed E-state index contributed by atoms with van der Waals surface area (Å²) in [6.07, 6.45) is 3.34. The van der Waals surface area contributed by atoms with Gasteiger partial charge >= 0.3 is 0 Å². The largest absolute Gasteiger partial charge is 0.372 e. The Kier molecular flexibility index (Phi) is 6.48. The van der Waals surface area contributed by atoms with Crippen LogP contribution in [0.5, 0.6) is 0 Å². The number of ether oxygens (including phenoxy) is 1. The van der Waals surface area contributed by atoms with Gasteiger partial charge in [0.15, 0.2) is 0 Å². The first-order valence-corrected chi connectivity index (χ1v) is 12.8. The number of rotatable bonds is 4. The lowest BCUT2D eigenvalue weighted by Crippen LogP contribution is -2.46. The van der Waals surface area contributed by atoms with Crippen molar-refractivity contribution >= 4 is 51.7 Å². The number of hydrogen-bond donors (Lipinski definition) is 0. The van der Waals surface area contributed by atoms with E-state index in [1.54, 1.807) is 23.2 Å². The highest BCUT2D eigenvalue weighted by Gasteiger charge is 2.37. The third kappa shape index (κ3) is 4.51. The first-order chi connectivity index (χ1) is 16.8. The summed E-state index contributed by atoms with van der Waals surface area (Å²) in [5, 5.41) is 0. The molecular weight excluding hydrogens is 480 g/mol. The van der Waals surface area contributed by atoms with E-state index in [4.69, 9.17) is 21.9 Å². The fourth-order valence-electron chi connectivity index (χ4n) is 4.63. The zero-order valence-electron chi connectivity index (χ0n) is 19.7. The van der Waals surface area contributed by atoms with E-state index >= 15 is 0 Å². The van der Waals surface area contributed by atoms with Gasteiger partial charge in [-0.1, -0.05) is 60.4 Å². The third-order valence-corrected chi connectivity index (χ3v) is 7.57. The zero-order chi connectivity index (χ0) is 24.7. The molecule has 2 saturated heterocycles. The molecule has 0 aliphatic carbocycles. The van der Waals surface area contributed by atoms with Crippen molar-refractivity contribution in [2.75, 3.05) is 18.0 Å². The number of morpholine rings is 1. The maximum atomic E-state index is 13.6.